The van der Waals surface area contributed by atoms with Crippen LogP contribution in [0.5, 0.6) is 11.5 Å². The fourth-order valence-electron chi connectivity index (χ4n) is 2.52. The number of urea groups is 1. The van der Waals surface area contributed by atoms with Crippen molar-refractivity contribution in [3.05, 3.63) is 59.2 Å². The SMILES string of the molecule is COc1ccc(OC)c(/C=C/C(=O)OCC(=O)NC(=O)Nc2cccc(C)c2C)c1. The van der Waals surface area contributed by atoms with Crippen LogP contribution >= 0.6 is 0 Å². The number of aryl methyl sites for hydroxylation is 1. The standard InChI is InChI=1S/C22H24N2O6/c1-14-6-5-7-18(15(14)2)23-22(27)24-20(25)13-30-21(26)11-8-16-12-17(28-3)9-10-19(16)29-4/h5-12H,13H2,1-4H3,(H2,23,24,25,27)/b11-8+. The average molecular weight is 412 g/mol. The van der Waals surface area contributed by atoms with Crippen molar-refractivity contribution in [1.29, 1.82) is 0 Å². The fourth-order valence-corrected chi connectivity index (χ4v) is 2.52. The second-order valence-electron chi connectivity index (χ2n) is 6.30. The van der Waals surface area contributed by atoms with E-state index >= 15 is 0 Å². The second-order valence-corrected chi connectivity index (χ2v) is 6.30. The Bertz CT molecular complexity index is 968. The number of carbonyl (C=O) groups excluding carboxylic acids is 3. The number of carbonyl (C=O) groups is 3. The first kappa shape index (κ1) is 22.5. The molecular weight excluding hydrogens is 388 g/mol. The van der Waals surface area contributed by atoms with Crippen molar-refractivity contribution in [2.24, 2.45) is 0 Å². The molecule has 8 heteroatoms. The zero-order valence-corrected chi connectivity index (χ0v) is 17.3. The topological polar surface area (TPSA) is 103 Å². The van der Waals surface area contributed by atoms with Gasteiger partial charge in [0.1, 0.15) is 11.5 Å². The molecule has 3 amide bonds. The quantitative estimate of drug-likeness (QED) is 0.535. The third-order valence-corrected chi connectivity index (χ3v) is 4.29. The smallest absolute Gasteiger partial charge is 0.331 e. The van der Waals surface area contributed by atoms with Crippen LogP contribution in [0.2, 0.25) is 0 Å². The first-order valence-electron chi connectivity index (χ1n) is 9.08. The number of hydrogen-bond acceptors (Lipinski definition) is 6. The molecule has 30 heavy (non-hydrogen) atoms. The third-order valence-electron chi connectivity index (χ3n) is 4.29. The number of anilines is 1. The zero-order chi connectivity index (χ0) is 22.1. The van der Waals surface area contributed by atoms with Gasteiger partial charge in [-0.3, -0.25) is 10.1 Å². The van der Waals surface area contributed by atoms with Crippen LogP contribution in [0, 0.1) is 13.8 Å². The minimum absolute atomic E-state index is 0.542. The summed E-state index contributed by atoms with van der Waals surface area (Å²) >= 11 is 0. The predicted octanol–water partition coefficient (Wildman–Crippen LogP) is 3.23. The highest BCUT2D eigenvalue weighted by molar-refractivity contribution is 6.02. The number of methoxy groups -OCH3 is 2. The Balaban J connectivity index is 1.86. The average Bonchev–Trinajstić information content (AvgIpc) is 2.73. The van der Waals surface area contributed by atoms with Crippen molar-refractivity contribution in [1.82, 2.24) is 5.32 Å². The molecule has 0 bridgehead atoms. The number of benzene rings is 2. The molecule has 8 nitrogen and oxygen atoms in total. The van der Waals surface area contributed by atoms with Crippen LogP contribution in [0.15, 0.2) is 42.5 Å². The van der Waals surface area contributed by atoms with Gasteiger partial charge in [0.25, 0.3) is 5.91 Å². The zero-order valence-electron chi connectivity index (χ0n) is 17.3. The Hall–Kier alpha value is -3.81. The molecule has 0 atom stereocenters. The number of nitrogens with one attached hydrogen (secondary N) is 2. The van der Waals surface area contributed by atoms with E-state index in [4.69, 9.17) is 14.2 Å². The molecule has 2 N–H and O–H groups in total. The van der Waals surface area contributed by atoms with Gasteiger partial charge in [0, 0.05) is 17.3 Å². The molecule has 2 rings (SSSR count). The summed E-state index contributed by atoms with van der Waals surface area (Å²) in [6.45, 7) is 3.18. The summed E-state index contributed by atoms with van der Waals surface area (Å²) in [7, 11) is 3.03. The van der Waals surface area contributed by atoms with Gasteiger partial charge in [-0.05, 0) is 55.3 Å². The molecule has 0 saturated carbocycles. The Morgan fingerprint density at radius 3 is 2.50 bits per heavy atom. The molecule has 0 saturated heterocycles. The molecule has 0 aliphatic heterocycles. The van der Waals surface area contributed by atoms with Crippen LogP contribution in [0.1, 0.15) is 16.7 Å². The normalized spacial score (nSPS) is 10.4. The molecule has 0 radical (unpaired) electrons. The van der Waals surface area contributed by atoms with Crippen LogP contribution in [0.25, 0.3) is 6.08 Å². The lowest BCUT2D eigenvalue weighted by atomic mass is 10.1. The summed E-state index contributed by atoms with van der Waals surface area (Å²) in [5.41, 5.74) is 3.09. The molecular formula is C22H24N2O6. The number of hydrogen-bond donors (Lipinski definition) is 2. The van der Waals surface area contributed by atoms with E-state index in [1.807, 2.05) is 19.9 Å². The first-order valence-corrected chi connectivity index (χ1v) is 9.08. The second kappa shape index (κ2) is 10.7. The van der Waals surface area contributed by atoms with Gasteiger partial charge in [-0.15, -0.1) is 0 Å². The van der Waals surface area contributed by atoms with E-state index < -0.39 is 24.5 Å². The van der Waals surface area contributed by atoms with E-state index in [9.17, 15) is 14.4 Å². The van der Waals surface area contributed by atoms with Gasteiger partial charge in [-0.1, -0.05) is 12.1 Å². The molecule has 0 aromatic heterocycles. The molecule has 0 unspecified atom stereocenters. The molecule has 2 aromatic rings. The van der Waals surface area contributed by atoms with E-state index in [1.165, 1.54) is 20.3 Å². The number of imide groups is 1. The van der Waals surface area contributed by atoms with Crippen molar-refractivity contribution in [3.63, 3.8) is 0 Å². The predicted molar refractivity (Wildman–Crippen MR) is 113 cm³/mol. The van der Waals surface area contributed by atoms with Crippen molar-refractivity contribution in [3.8, 4) is 11.5 Å². The minimum Gasteiger partial charge on any atom is -0.497 e. The molecule has 0 spiro atoms. The summed E-state index contributed by atoms with van der Waals surface area (Å²) in [6.07, 6.45) is 2.63. The van der Waals surface area contributed by atoms with Crippen molar-refractivity contribution in [2.45, 2.75) is 13.8 Å². The van der Waals surface area contributed by atoms with Crippen molar-refractivity contribution in [2.75, 3.05) is 26.1 Å². The Labute approximate surface area is 174 Å². The molecule has 158 valence electrons. The lowest BCUT2D eigenvalue weighted by molar-refractivity contribution is -0.143. The maximum absolute atomic E-state index is 11.9. The van der Waals surface area contributed by atoms with Crippen LogP contribution in [-0.4, -0.2) is 38.7 Å². The Morgan fingerprint density at radius 1 is 1.03 bits per heavy atom. The fraction of sp³-hybridized carbons (Fsp3) is 0.227. The monoisotopic (exact) mass is 412 g/mol. The molecule has 0 aliphatic rings. The summed E-state index contributed by atoms with van der Waals surface area (Å²) in [4.78, 5) is 35.7. The Morgan fingerprint density at radius 2 is 1.80 bits per heavy atom. The summed E-state index contributed by atoms with van der Waals surface area (Å²) in [6, 6.07) is 9.84. The highest BCUT2D eigenvalue weighted by Gasteiger charge is 2.11. The molecule has 0 aliphatic carbocycles. The molecule has 0 heterocycles. The van der Waals surface area contributed by atoms with Gasteiger partial charge in [0.2, 0.25) is 0 Å². The van der Waals surface area contributed by atoms with Crippen LogP contribution < -0.4 is 20.1 Å². The molecule has 0 fully saturated rings. The van der Waals surface area contributed by atoms with Crippen LogP contribution in [0.3, 0.4) is 0 Å². The Kier molecular flexibility index (Phi) is 7.99. The van der Waals surface area contributed by atoms with E-state index in [0.29, 0.717) is 22.7 Å². The molecule has 2 aromatic carbocycles. The number of ether oxygens (including phenoxy) is 3. The lowest BCUT2D eigenvalue weighted by Gasteiger charge is -2.10. The van der Waals surface area contributed by atoms with E-state index in [0.717, 1.165) is 17.2 Å². The van der Waals surface area contributed by atoms with Gasteiger partial charge in [0.15, 0.2) is 6.61 Å². The van der Waals surface area contributed by atoms with Crippen LogP contribution in [0.4, 0.5) is 10.5 Å². The van der Waals surface area contributed by atoms with E-state index in [1.54, 1.807) is 30.3 Å². The van der Waals surface area contributed by atoms with Crippen molar-refractivity contribution >= 4 is 29.7 Å². The number of amides is 3. The number of rotatable bonds is 7. The summed E-state index contributed by atoms with van der Waals surface area (Å²) in [5, 5.41) is 4.70. The lowest BCUT2D eigenvalue weighted by Crippen LogP contribution is -2.37. The van der Waals surface area contributed by atoms with Gasteiger partial charge in [0.05, 0.1) is 14.2 Å². The maximum Gasteiger partial charge on any atom is 0.331 e. The minimum atomic E-state index is -0.751. The summed E-state index contributed by atoms with van der Waals surface area (Å²) in [5.74, 6) is -0.359. The highest BCUT2D eigenvalue weighted by Crippen LogP contribution is 2.25. The van der Waals surface area contributed by atoms with Crippen molar-refractivity contribution < 1.29 is 28.6 Å². The summed E-state index contributed by atoms with van der Waals surface area (Å²) < 4.78 is 15.2. The van der Waals surface area contributed by atoms with Gasteiger partial charge in [-0.2, -0.15) is 0 Å². The maximum atomic E-state index is 11.9. The van der Waals surface area contributed by atoms with E-state index in [-0.39, 0.29) is 0 Å². The largest absolute Gasteiger partial charge is 0.497 e. The van der Waals surface area contributed by atoms with Gasteiger partial charge in [-0.25, -0.2) is 9.59 Å². The van der Waals surface area contributed by atoms with E-state index in [2.05, 4.69) is 10.6 Å². The first-order chi connectivity index (χ1) is 14.3. The third kappa shape index (κ3) is 6.37. The highest BCUT2D eigenvalue weighted by atomic mass is 16.5. The number of esters is 1. The van der Waals surface area contributed by atoms with Crippen LogP contribution in [-0.2, 0) is 14.3 Å². The van der Waals surface area contributed by atoms with Gasteiger partial charge >= 0.3 is 12.0 Å². The van der Waals surface area contributed by atoms with Gasteiger partial charge < -0.3 is 19.5 Å².